The van der Waals surface area contributed by atoms with Crippen LogP contribution in [0.4, 0.5) is 0 Å². The van der Waals surface area contributed by atoms with Gasteiger partial charge in [0.15, 0.2) is 0 Å². The average Bonchev–Trinajstić information content (AvgIpc) is 3.07. The van der Waals surface area contributed by atoms with Crippen LogP contribution in [0.15, 0.2) is 17.5 Å². The number of nitrogens with zero attached hydrogens (tertiary/aromatic N) is 1. The van der Waals surface area contributed by atoms with Gasteiger partial charge in [0.2, 0.25) is 5.91 Å². The third-order valence-corrected chi connectivity index (χ3v) is 5.94. The van der Waals surface area contributed by atoms with E-state index in [1.165, 1.54) is 43.4 Å². The van der Waals surface area contributed by atoms with Crippen LogP contribution in [0.2, 0.25) is 0 Å². The predicted octanol–water partition coefficient (Wildman–Crippen LogP) is 3.55. The van der Waals surface area contributed by atoms with Gasteiger partial charge in [-0.25, -0.2) is 0 Å². The second-order valence-electron chi connectivity index (χ2n) is 6.40. The van der Waals surface area contributed by atoms with Crippen LogP contribution < -0.4 is 5.32 Å². The molecule has 2 aliphatic rings. The summed E-state index contributed by atoms with van der Waals surface area (Å²) in [6, 6.07) is 4.15. The van der Waals surface area contributed by atoms with Gasteiger partial charge in [-0.2, -0.15) is 0 Å². The fourth-order valence-corrected chi connectivity index (χ4v) is 4.54. The smallest absolute Gasteiger partial charge is 0.240 e. The van der Waals surface area contributed by atoms with Crippen LogP contribution in [0.3, 0.4) is 0 Å². The van der Waals surface area contributed by atoms with E-state index in [0.29, 0.717) is 6.54 Å². The lowest BCUT2D eigenvalue weighted by molar-refractivity contribution is -0.137. The van der Waals surface area contributed by atoms with E-state index in [4.69, 9.17) is 0 Å². The number of hydrogen-bond acceptors (Lipinski definition) is 3. The highest BCUT2D eigenvalue weighted by Crippen LogP contribution is 2.36. The Kier molecular flexibility index (Phi) is 4.96. The molecule has 1 N–H and O–H groups in total. The Morgan fingerprint density at radius 2 is 1.86 bits per heavy atom. The summed E-state index contributed by atoms with van der Waals surface area (Å²) in [5.74, 6) is 0.275. The molecule has 0 unspecified atom stereocenters. The number of hydrogen-bond donors (Lipinski definition) is 1. The van der Waals surface area contributed by atoms with E-state index in [0.717, 1.165) is 25.9 Å². The van der Waals surface area contributed by atoms with Gasteiger partial charge in [0.25, 0.3) is 0 Å². The molecule has 1 amide bonds. The van der Waals surface area contributed by atoms with Crippen molar-refractivity contribution in [3.8, 4) is 0 Å². The number of rotatable bonds is 4. The monoisotopic (exact) mass is 306 g/mol. The normalized spacial score (nSPS) is 22.9. The van der Waals surface area contributed by atoms with Crippen LogP contribution in [0, 0.1) is 0 Å². The lowest BCUT2D eigenvalue weighted by atomic mass is 9.78. The van der Waals surface area contributed by atoms with Crippen LogP contribution in [0.25, 0.3) is 0 Å². The minimum atomic E-state index is -0.212. The molecule has 1 aromatic heterocycles. The van der Waals surface area contributed by atoms with E-state index >= 15 is 0 Å². The number of thiophene rings is 1. The van der Waals surface area contributed by atoms with E-state index in [2.05, 4.69) is 21.7 Å². The number of nitrogens with one attached hydrogen (secondary N) is 1. The first-order chi connectivity index (χ1) is 10.3. The summed E-state index contributed by atoms with van der Waals surface area (Å²) in [5, 5.41) is 5.29. The molecule has 1 aliphatic heterocycles. The first kappa shape index (κ1) is 15.0. The summed E-state index contributed by atoms with van der Waals surface area (Å²) < 4.78 is 0. The largest absolute Gasteiger partial charge is 0.350 e. The molecule has 21 heavy (non-hydrogen) atoms. The van der Waals surface area contributed by atoms with E-state index in [9.17, 15) is 4.79 Å². The SMILES string of the molecule is O=C(NCc1cccs1)C1(N2CCCCC2)CCCCC1. The summed E-state index contributed by atoms with van der Waals surface area (Å²) in [5.41, 5.74) is -0.212. The lowest BCUT2D eigenvalue weighted by Gasteiger charge is -2.46. The molecule has 1 aromatic rings. The standard InChI is InChI=1S/C17H26N2OS/c20-16(18-14-15-8-7-13-21-15)17(9-3-1-4-10-17)19-11-5-2-6-12-19/h7-8,13H,1-6,9-12,14H2,(H,18,20). The fraction of sp³-hybridized carbons (Fsp3) is 0.706. The summed E-state index contributed by atoms with van der Waals surface area (Å²) in [7, 11) is 0. The van der Waals surface area contributed by atoms with Crippen molar-refractivity contribution in [2.45, 2.75) is 63.5 Å². The molecule has 116 valence electrons. The van der Waals surface area contributed by atoms with Gasteiger partial charge in [0.1, 0.15) is 5.54 Å². The lowest BCUT2D eigenvalue weighted by Crippen LogP contribution is -2.60. The molecule has 4 heteroatoms. The summed E-state index contributed by atoms with van der Waals surface area (Å²) in [4.78, 5) is 16.7. The van der Waals surface area contributed by atoms with Crippen LogP contribution in [-0.4, -0.2) is 29.4 Å². The molecule has 0 atom stereocenters. The quantitative estimate of drug-likeness (QED) is 0.922. The van der Waals surface area contributed by atoms with Crippen LogP contribution in [0.5, 0.6) is 0 Å². The molecule has 0 spiro atoms. The average molecular weight is 306 g/mol. The molecular weight excluding hydrogens is 280 g/mol. The Hall–Kier alpha value is -0.870. The highest BCUT2D eigenvalue weighted by molar-refractivity contribution is 7.09. The molecule has 0 aromatic carbocycles. The van der Waals surface area contributed by atoms with E-state index in [-0.39, 0.29) is 11.4 Å². The van der Waals surface area contributed by atoms with E-state index in [1.807, 2.05) is 6.07 Å². The van der Waals surface area contributed by atoms with Gasteiger partial charge in [0.05, 0.1) is 6.54 Å². The van der Waals surface area contributed by atoms with Gasteiger partial charge in [-0.05, 0) is 50.2 Å². The van der Waals surface area contributed by atoms with E-state index in [1.54, 1.807) is 11.3 Å². The molecule has 1 aliphatic carbocycles. The van der Waals surface area contributed by atoms with E-state index < -0.39 is 0 Å². The van der Waals surface area contributed by atoms with Crippen molar-refractivity contribution in [1.29, 1.82) is 0 Å². The van der Waals surface area contributed by atoms with Crippen molar-refractivity contribution in [2.24, 2.45) is 0 Å². The maximum atomic E-state index is 13.0. The van der Waals surface area contributed by atoms with Crippen molar-refractivity contribution in [3.63, 3.8) is 0 Å². The van der Waals surface area contributed by atoms with Crippen LogP contribution >= 0.6 is 11.3 Å². The number of carbonyl (C=O) groups is 1. The maximum absolute atomic E-state index is 13.0. The zero-order valence-electron chi connectivity index (χ0n) is 12.8. The highest BCUT2D eigenvalue weighted by Gasteiger charge is 2.44. The first-order valence-electron chi connectivity index (χ1n) is 8.37. The summed E-state index contributed by atoms with van der Waals surface area (Å²) in [6.07, 6.45) is 9.59. The van der Waals surface area contributed by atoms with Gasteiger partial charge >= 0.3 is 0 Å². The molecule has 3 rings (SSSR count). The van der Waals surface area contributed by atoms with Gasteiger partial charge < -0.3 is 5.32 Å². The van der Waals surface area contributed by atoms with Crippen LogP contribution in [0.1, 0.15) is 56.2 Å². The van der Waals surface area contributed by atoms with Gasteiger partial charge in [-0.3, -0.25) is 9.69 Å². The Labute approximate surface area is 131 Å². The molecule has 1 saturated carbocycles. The number of likely N-dealkylation sites (tertiary alicyclic amines) is 1. The highest BCUT2D eigenvalue weighted by atomic mass is 32.1. The van der Waals surface area contributed by atoms with Gasteiger partial charge in [-0.15, -0.1) is 11.3 Å². The summed E-state index contributed by atoms with van der Waals surface area (Å²) in [6.45, 7) is 2.89. The molecule has 1 saturated heterocycles. The number of piperidine rings is 1. The maximum Gasteiger partial charge on any atom is 0.240 e. The second-order valence-corrected chi connectivity index (χ2v) is 7.43. The fourth-order valence-electron chi connectivity index (χ4n) is 3.89. The topological polar surface area (TPSA) is 32.3 Å². The molecule has 2 fully saturated rings. The zero-order chi connectivity index (χ0) is 14.5. The van der Waals surface area contributed by atoms with Crippen molar-refractivity contribution >= 4 is 17.2 Å². The Balaban J connectivity index is 1.69. The number of carbonyl (C=O) groups excluding carboxylic acids is 1. The zero-order valence-corrected chi connectivity index (χ0v) is 13.6. The Morgan fingerprint density at radius 3 is 2.52 bits per heavy atom. The van der Waals surface area contributed by atoms with Crippen LogP contribution in [-0.2, 0) is 11.3 Å². The second kappa shape index (κ2) is 6.93. The molecule has 3 nitrogen and oxygen atoms in total. The third-order valence-electron chi connectivity index (χ3n) is 5.07. The number of amides is 1. The summed E-state index contributed by atoms with van der Waals surface area (Å²) >= 11 is 1.72. The molecule has 0 bridgehead atoms. The van der Waals surface area contributed by atoms with Crippen molar-refractivity contribution < 1.29 is 4.79 Å². The molecule has 0 radical (unpaired) electrons. The predicted molar refractivity (Wildman–Crippen MR) is 87.4 cm³/mol. The minimum absolute atomic E-state index is 0.212. The van der Waals surface area contributed by atoms with Crippen molar-refractivity contribution in [1.82, 2.24) is 10.2 Å². The Morgan fingerprint density at radius 1 is 1.14 bits per heavy atom. The third kappa shape index (κ3) is 3.32. The minimum Gasteiger partial charge on any atom is -0.350 e. The Bertz CT molecular complexity index is 445. The molecular formula is C17H26N2OS. The van der Waals surface area contributed by atoms with Gasteiger partial charge in [-0.1, -0.05) is 31.7 Å². The van der Waals surface area contributed by atoms with Crippen molar-refractivity contribution in [3.05, 3.63) is 22.4 Å². The first-order valence-corrected chi connectivity index (χ1v) is 9.25. The van der Waals surface area contributed by atoms with Gasteiger partial charge in [0, 0.05) is 4.88 Å². The molecule has 2 heterocycles. The van der Waals surface area contributed by atoms with Crippen molar-refractivity contribution in [2.75, 3.05) is 13.1 Å².